The van der Waals surface area contributed by atoms with Crippen LogP contribution in [-0.4, -0.2) is 26.2 Å². The molecule has 4 rings (SSSR count). The number of methoxy groups -OCH3 is 1. The number of rotatable bonds is 7. The van der Waals surface area contributed by atoms with Gasteiger partial charge >= 0.3 is 0 Å². The van der Waals surface area contributed by atoms with Crippen LogP contribution in [0, 0.1) is 0 Å². The minimum absolute atomic E-state index is 0.223. The molecular weight excluding hydrogens is 382 g/mol. The van der Waals surface area contributed by atoms with Crippen molar-refractivity contribution in [1.82, 2.24) is 0 Å². The van der Waals surface area contributed by atoms with Gasteiger partial charge in [0.2, 0.25) is 0 Å². The maximum absolute atomic E-state index is 12.8. The minimum atomic E-state index is -0.223. The number of fused-ring (bicyclic) bond motifs is 1. The summed E-state index contributed by atoms with van der Waals surface area (Å²) in [6.45, 7) is 1.84. The van der Waals surface area contributed by atoms with Crippen LogP contribution in [0.3, 0.4) is 0 Å². The van der Waals surface area contributed by atoms with Crippen molar-refractivity contribution in [2.75, 3.05) is 25.6 Å². The molecule has 6 nitrogen and oxygen atoms in total. The number of amides is 1. The highest BCUT2D eigenvalue weighted by molar-refractivity contribution is 6.04. The molecule has 3 aromatic carbocycles. The molecule has 3 aromatic rings. The predicted octanol–water partition coefficient (Wildman–Crippen LogP) is 4.44. The van der Waals surface area contributed by atoms with Crippen LogP contribution in [0.15, 0.2) is 66.7 Å². The molecule has 0 fully saturated rings. The fourth-order valence-corrected chi connectivity index (χ4v) is 3.21. The van der Waals surface area contributed by atoms with Crippen molar-refractivity contribution < 1.29 is 23.7 Å². The summed E-state index contributed by atoms with van der Waals surface area (Å²) in [5, 5.41) is 2.90. The Balaban J connectivity index is 1.44. The van der Waals surface area contributed by atoms with Gasteiger partial charge in [-0.25, -0.2) is 0 Å². The van der Waals surface area contributed by atoms with Crippen molar-refractivity contribution in [3.8, 4) is 17.2 Å². The van der Waals surface area contributed by atoms with Gasteiger partial charge in [-0.1, -0.05) is 30.3 Å². The summed E-state index contributed by atoms with van der Waals surface area (Å²) in [6.07, 6.45) is 0. The smallest absolute Gasteiger partial charge is 0.255 e. The van der Waals surface area contributed by atoms with E-state index in [0.717, 1.165) is 11.1 Å². The SMILES string of the molecule is COc1ccc(C(=O)Nc2ccc3c(c2)OCCO3)cc1COCc1ccccc1. The molecule has 0 spiro atoms. The number of carbonyl (C=O) groups excluding carboxylic acids is 1. The second-order valence-electron chi connectivity index (χ2n) is 6.82. The van der Waals surface area contributed by atoms with Gasteiger partial charge in [-0.05, 0) is 35.9 Å². The quantitative estimate of drug-likeness (QED) is 0.630. The lowest BCUT2D eigenvalue weighted by atomic mass is 10.1. The van der Waals surface area contributed by atoms with E-state index in [1.54, 1.807) is 43.5 Å². The molecule has 1 aliphatic heterocycles. The molecule has 0 aliphatic carbocycles. The lowest BCUT2D eigenvalue weighted by Crippen LogP contribution is -2.16. The Hall–Kier alpha value is -3.51. The number of carbonyl (C=O) groups is 1. The third-order valence-corrected chi connectivity index (χ3v) is 4.71. The van der Waals surface area contributed by atoms with Crippen LogP contribution in [0.4, 0.5) is 5.69 Å². The highest BCUT2D eigenvalue weighted by Crippen LogP contribution is 2.32. The topological polar surface area (TPSA) is 66.0 Å². The van der Waals surface area contributed by atoms with Crippen molar-refractivity contribution in [2.24, 2.45) is 0 Å². The molecule has 6 heteroatoms. The average Bonchev–Trinajstić information content (AvgIpc) is 2.79. The summed E-state index contributed by atoms with van der Waals surface area (Å²) < 4.78 is 22.3. The molecule has 30 heavy (non-hydrogen) atoms. The van der Waals surface area contributed by atoms with E-state index in [1.807, 2.05) is 30.3 Å². The third-order valence-electron chi connectivity index (χ3n) is 4.71. The minimum Gasteiger partial charge on any atom is -0.496 e. The van der Waals surface area contributed by atoms with Gasteiger partial charge in [0.25, 0.3) is 5.91 Å². The molecule has 0 saturated heterocycles. The highest BCUT2D eigenvalue weighted by Gasteiger charge is 2.15. The zero-order valence-corrected chi connectivity index (χ0v) is 16.7. The predicted molar refractivity (Wildman–Crippen MR) is 113 cm³/mol. The Labute approximate surface area is 175 Å². The normalized spacial score (nSPS) is 12.3. The summed E-state index contributed by atoms with van der Waals surface area (Å²) in [5.74, 6) is 1.77. The maximum Gasteiger partial charge on any atom is 0.255 e. The van der Waals surface area contributed by atoms with Crippen LogP contribution in [0.5, 0.6) is 17.2 Å². The molecule has 1 heterocycles. The van der Waals surface area contributed by atoms with Gasteiger partial charge in [0.1, 0.15) is 19.0 Å². The number of nitrogens with one attached hydrogen (secondary N) is 1. The van der Waals surface area contributed by atoms with Gasteiger partial charge in [-0.15, -0.1) is 0 Å². The van der Waals surface area contributed by atoms with Gasteiger partial charge < -0.3 is 24.3 Å². The van der Waals surface area contributed by atoms with E-state index in [4.69, 9.17) is 18.9 Å². The molecule has 0 unspecified atom stereocenters. The van der Waals surface area contributed by atoms with Crippen molar-refractivity contribution >= 4 is 11.6 Å². The summed E-state index contributed by atoms with van der Waals surface area (Å²) in [5.41, 5.74) is 3.05. The van der Waals surface area contributed by atoms with Crippen molar-refractivity contribution in [2.45, 2.75) is 13.2 Å². The zero-order chi connectivity index (χ0) is 20.8. The van der Waals surface area contributed by atoms with Crippen molar-refractivity contribution in [3.05, 3.63) is 83.4 Å². The molecule has 0 aromatic heterocycles. The number of ether oxygens (including phenoxy) is 4. The molecule has 1 N–H and O–H groups in total. The number of hydrogen-bond acceptors (Lipinski definition) is 5. The maximum atomic E-state index is 12.8. The zero-order valence-electron chi connectivity index (χ0n) is 16.7. The number of anilines is 1. The van der Waals surface area contributed by atoms with E-state index < -0.39 is 0 Å². The number of hydrogen-bond donors (Lipinski definition) is 1. The third kappa shape index (κ3) is 4.72. The summed E-state index contributed by atoms with van der Waals surface area (Å²) in [6, 6.07) is 20.6. The fourth-order valence-electron chi connectivity index (χ4n) is 3.21. The lowest BCUT2D eigenvalue weighted by molar-refractivity contribution is 0.102. The largest absolute Gasteiger partial charge is 0.496 e. The molecule has 1 aliphatic rings. The van der Waals surface area contributed by atoms with Gasteiger partial charge in [-0.3, -0.25) is 4.79 Å². The molecule has 0 bridgehead atoms. The molecule has 154 valence electrons. The Morgan fingerprint density at radius 3 is 2.53 bits per heavy atom. The Morgan fingerprint density at radius 1 is 0.933 bits per heavy atom. The Kier molecular flexibility index (Phi) is 6.15. The average molecular weight is 405 g/mol. The van der Waals surface area contributed by atoms with E-state index in [0.29, 0.717) is 54.9 Å². The number of benzene rings is 3. The van der Waals surface area contributed by atoms with Crippen LogP contribution >= 0.6 is 0 Å². The first-order valence-corrected chi connectivity index (χ1v) is 9.72. The van der Waals surface area contributed by atoms with Crippen molar-refractivity contribution in [3.63, 3.8) is 0 Å². The Morgan fingerprint density at radius 2 is 1.73 bits per heavy atom. The van der Waals surface area contributed by atoms with Gasteiger partial charge in [-0.2, -0.15) is 0 Å². The highest BCUT2D eigenvalue weighted by atomic mass is 16.6. The summed E-state index contributed by atoms with van der Waals surface area (Å²) in [7, 11) is 1.60. The van der Waals surface area contributed by atoms with E-state index in [2.05, 4.69) is 5.32 Å². The second kappa shape index (κ2) is 9.33. The summed E-state index contributed by atoms with van der Waals surface area (Å²) in [4.78, 5) is 12.8. The summed E-state index contributed by atoms with van der Waals surface area (Å²) >= 11 is 0. The molecule has 0 saturated carbocycles. The van der Waals surface area contributed by atoms with E-state index >= 15 is 0 Å². The van der Waals surface area contributed by atoms with Gasteiger partial charge in [0, 0.05) is 22.9 Å². The van der Waals surface area contributed by atoms with Crippen LogP contribution in [0.25, 0.3) is 0 Å². The van der Waals surface area contributed by atoms with E-state index in [9.17, 15) is 4.79 Å². The van der Waals surface area contributed by atoms with Gasteiger partial charge in [0.05, 0.1) is 20.3 Å². The second-order valence-corrected chi connectivity index (χ2v) is 6.82. The Bertz CT molecular complexity index is 1020. The van der Waals surface area contributed by atoms with Crippen molar-refractivity contribution in [1.29, 1.82) is 0 Å². The van der Waals surface area contributed by atoms with E-state index in [-0.39, 0.29) is 5.91 Å². The van der Waals surface area contributed by atoms with Crippen LogP contribution in [0.2, 0.25) is 0 Å². The van der Waals surface area contributed by atoms with Gasteiger partial charge in [0.15, 0.2) is 11.5 Å². The van der Waals surface area contributed by atoms with Crippen LogP contribution in [0.1, 0.15) is 21.5 Å². The van der Waals surface area contributed by atoms with Crippen LogP contribution < -0.4 is 19.5 Å². The molecule has 0 radical (unpaired) electrons. The van der Waals surface area contributed by atoms with Crippen LogP contribution in [-0.2, 0) is 18.0 Å². The molecule has 0 atom stereocenters. The standard InChI is InChI=1S/C24H23NO5/c1-27-21-9-7-18(13-19(21)16-28-15-17-5-3-2-4-6-17)24(26)25-20-8-10-22-23(14-20)30-12-11-29-22/h2-10,13-14H,11-12,15-16H2,1H3,(H,25,26). The molecule has 1 amide bonds. The fraction of sp³-hybridized carbons (Fsp3) is 0.208. The first-order chi connectivity index (χ1) is 14.7. The monoisotopic (exact) mass is 405 g/mol. The van der Waals surface area contributed by atoms with E-state index in [1.165, 1.54) is 0 Å². The first kappa shape index (κ1) is 19.8. The molecular formula is C24H23NO5. The lowest BCUT2D eigenvalue weighted by Gasteiger charge is -2.19. The first-order valence-electron chi connectivity index (χ1n) is 9.72.